The van der Waals surface area contributed by atoms with Gasteiger partial charge in [-0.3, -0.25) is 34.3 Å². The molecule has 1 saturated heterocycles. The first-order valence-corrected chi connectivity index (χ1v) is 20.4. The molecule has 8 rings (SSSR count). The van der Waals surface area contributed by atoms with E-state index >= 15 is 0 Å². The minimum atomic E-state index is -0.924. The highest BCUT2D eigenvalue weighted by Crippen LogP contribution is 2.37. The van der Waals surface area contributed by atoms with Gasteiger partial charge >= 0.3 is 0 Å². The summed E-state index contributed by atoms with van der Waals surface area (Å²) in [6, 6.07) is 19.2. The highest BCUT2D eigenvalue weighted by atomic mass is 16.2. The summed E-state index contributed by atoms with van der Waals surface area (Å²) in [7, 11) is 0. The molecular weight excluding hydrogens is 777 g/mol. The first kappa shape index (κ1) is 40.8. The van der Waals surface area contributed by atoms with E-state index in [1.54, 1.807) is 35.6 Å². The Morgan fingerprint density at radius 3 is 2.39 bits per heavy atom. The molecule has 4 amide bonds. The summed E-state index contributed by atoms with van der Waals surface area (Å²) in [5.74, 6) is 4.76. The molecule has 0 bridgehead atoms. The molecule has 1 fully saturated rings. The molecule has 2 aromatic heterocycles. The molecule has 17 heteroatoms. The number of imide groups is 2. The number of aromatic nitrogens is 3. The number of H-pyrrole nitrogens is 1. The van der Waals surface area contributed by atoms with Crippen LogP contribution < -0.4 is 32.8 Å². The second-order valence-corrected chi connectivity index (χ2v) is 15.3. The smallest absolute Gasteiger partial charge is 0.264 e. The van der Waals surface area contributed by atoms with Crippen molar-refractivity contribution in [3.8, 4) is 0 Å². The van der Waals surface area contributed by atoms with Gasteiger partial charge in [0.15, 0.2) is 0 Å². The number of unbranched alkanes of at least 4 members (excludes halogenated alkanes) is 2. The Morgan fingerprint density at radius 2 is 1.61 bits per heavy atom. The van der Waals surface area contributed by atoms with E-state index in [1.807, 2.05) is 48.5 Å². The number of benzene rings is 3. The zero-order valence-corrected chi connectivity index (χ0v) is 33.6. The largest absolute Gasteiger partial charge is 0.399 e. The summed E-state index contributed by atoms with van der Waals surface area (Å²) in [5, 5.41) is 8.74. The Morgan fingerprint density at radius 1 is 0.852 bits per heavy atom. The molecule has 9 N–H and O–H groups in total. The van der Waals surface area contributed by atoms with E-state index in [-0.39, 0.29) is 36.2 Å². The van der Waals surface area contributed by atoms with Crippen molar-refractivity contribution in [1.29, 1.82) is 0 Å². The third-order valence-electron chi connectivity index (χ3n) is 11.4. The maximum Gasteiger partial charge on any atom is 0.264 e. The average Bonchev–Trinajstić information content (AvgIpc) is 3.91. The lowest BCUT2D eigenvalue weighted by molar-refractivity contribution is -0.122. The Bertz CT molecular complexity index is 2590. The molecule has 5 heterocycles. The number of nitrogens with one attached hydrogen (secondary N) is 3. The van der Waals surface area contributed by atoms with Crippen LogP contribution >= 0.6 is 0 Å². The molecule has 17 nitrogen and oxygen atoms in total. The summed E-state index contributed by atoms with van der Waals surface area (Å²) < 4.78 is 0. The maximum absolute atomic E-state index is 13.5. The van der Waals surface area contributed by atoms with Crippen LogP contribution in [0.25, 0.3) is 33.0 Å². The molecule has 3 aromatic carbocycles. The lowest BCUT2D eigenvalue weighted by atomic mass is 9.97. The van der Waals surface area contributed by atoms with Crippen LogP contribution in [0.4, 0.5) is 11.6 Å². The normalized spacial score (nSPS) is 16.5. The van der Waals surface area contributed by atoms with E-state index in [0.29, 0.717) is 71.0 Å². The van der Waals surface area contributed by atoms with Gasteiger partial charge in [-0.25, -0.2) is 15.8 Å². The van der Waals surface area contributed by atoms with E-state index in [1.165, 1.54) is 0 Å². The number of carbonyl (C=O) groups is 5. The number of hydrazine groups is 1. The first-order chi connectivity index (χ1) is 29.7. The van der Waals surface area contributed by atoms with E-state index in [9.17, 15) is 24.0 Å². The van der Waals surface area contributed by atoms with Gasteiger partial charge in [0.2, 0.25) is 5.95 Å². The number of aromatic amines is 1. The van der Waals surface area contributed by atoms with Gasteiger partial charge in [-0.1, -0.05) is 48.9 Å². The molecule has 5 aromatic rings. The summed E-state index contributed by atoms with van der Waals surface area (Å²) in [5.41, 5.74) is 16.3. The van der Waals surface area contributed by atoms with Crippen LogP contribution in [0.5, 0.6) is 0 Å². The Labute approximate surface area is 351 Å². The van der Waals surface area contributed by atoms with Gasteiger partial charge in [-0.2, -0.15) is 0 Å². The number of para-hydroxylation sites is 2. The van der Waals surface area contributed by atoms with Crippen molar-refractivity contribution < 1.29 is 24.0 Å². The standard InChI is InChI=1S/C44H48N12O5/c45-16-15-28(26-57)56-42(60)31-11-8-14-35(36(31)43(56)61)48-23-27(46)25-55(47)18-7-1-6-17-53-19-21-54(22-20-53)44-50-34-13-5-3-10-30(34)39(51-44)38-37(40(58)52-41(38)59)32-24-49-33-12-4-2-9-29(32)33/h2-5,8-14,24-26,28,48-49H,1,6-7,15-23,45-47H2,(H,52,58,59)/b27-25-. The number of rotatable bonds is 17. The molecule has 0 radical (unpaired) electrons. The van der Waals surface area contributed by atoms with Gasteiger partial charge in [0.25, 0.3) is 23.6 Å². The van der Waals surface area contributed by atoms with Crippen LogP contribution in [0.2, 0.25) is 0 Å². The van der Waals surface area contributed by atoms with Gasteiger partial charge in [0.05, 0.1) is 46.1 Å². The second kappa shape index (κ2) is 17.7. The van der Waals surface area contributed by atoms with Gasteiger partial charge in [0.1, 0.15) is 6.29 Å². The topological polar surface area (TPSA) is 242 Å². The van der Waals surface area contributed by atoms with Gasteiger partial charge in [0, 0.05) is 78.4 Å². The average molecular weight is 825 g/mol. The molecular formula is C44H48N12O5. The fraction of sp³-hybridized carbons (Fsp3) is 0.295. The van der Waals surface area contributed by atoms with Crippen molar-refractivity contribution in [3.05, 3.63) is 107 Å². The summed E-state index contributed by atoms with van der Waals surface area (Å²) in [6.45, 7) is 4.90. The number of anilines is 2. The lowest BCUT2D eigenvalue weighted by Gasteiger charge is -2.35. The number of nitrogens with zero attached hydrogens (tertiary/aromatic N) is 6. The molecule has 61 heavy (non-hydrogen) atoms. The summed E-state index contributed by atoms with van der Waals surface area (Å²) in [4.78, 5) is 83.2. The van der Waals surface area contributed by atoms with Crippen LogP contribution in [-0.2, 0) is 14.4 Å². The second-order valence-electron chi connectivity index (χ2n) is 15.3. The lowest BCUT2D eigenvalue weighted by Crippen LogP contribution is -2.47. The minimum absolute atomic E-state index is 0.159. The Hall–Kier alpha value is -6.95. The van der Waals surface area contributed by atoms with Crippen molar-refractivity contribution in [2.45, 2.75) is 31.7 Å². The quantitative estimate of drug-likeness (QED) is 0.0260. The third-order valence-corrected chi connectivity index (χ3v) is 11.4. The molecule has 3 aliphatic heterocycles. The fourth-order valence-corrected chi connectivity index (χ4v) is 8.29. The minimum Gasteiger partial charge on any atom is -0.399 e. The Balaban J connectivity index is 0.832. The van der Waals surface area contributed by atoms with Gasteiger partial charge in [-0.15, -0.1) is 0 Å². The molecule has 3 aliphatic rings. The van der Waals surface area contributed by atoms with Crippen LogP contribution in [0, 0.1) is 0 Å². The Kier molecular flexibility index (Phi) is 11.9. The highest BCUT2D eigenvalue weighted by molar-refractivity contribution is 6.50. The van der Waals surface area contributed by atoms with Crippen molar-refractivity contribution in [1.82, 2.24) is 35.1 Å². The van der Waals surface area contributed by atoms with Crippen molar-refractivity contribution in [3.63, 3.8) is 0 Å². The zero-order valence-electron chi connectivity index (χ0n) is 33.6. The molecule has 314 valence electrons. The highest BCUT2D eigenvalue weighted by Gasteiger charge is 2.41. The van der Waals surface area contributed by atoms with Crippen molar-refractivity contribution >= 4 is 74.5 Å². The summed E-state index contributed by atoms with van der Waals surface area (Å²) in [6.07, 6.45) is 6.97. The van der Waals surface area contributed by atoms with Crippen LogP contribution in [0.15, 0.2) is 84.8 Å². The van der Waals surface area contributed by atoms with E-state index in [2.05, 4.69) is 25.4 Å². The number of aldehydes is 1. The number of amides is 4. The van der Waals surface area contributed by atoms with Crippen LogP contribution in [0.3, 0.4) is 0 Å². The number of hydrogen-bond acceptors (Lipinski definition) is 14. The van der Waals surface area contributed by atoms with Gasteiger partial charge < -0.3 is 36.5 Å². The van der Waals surface area contributed by atoms with E-state index in [0.717, 1.165) is 54.7 Å². The molecule has 1 atom stereocenters. The van der Waals surface area contributed by atoms with Crippen LogP contribution in [-0.4, -0.2) is 118 Å². The predicted octanol–water partition coefficient (Wildman–Crippen LogP) is 2.57. The number of piperazine rings is 1. The van der Waals surface area contributed by atoms with Gasteiger partial charge in [-0.05, 0) is 56.6 Å². The molecule has 0 spiro atoms. The van der Waals surface area contributed by atoms with Crippen LogP contribution in [0.1, 0.15) is 57.7 Å². The molecule has 0 saturated carbocycles. The molecule has 1 unspecified atom stereocenters. The van der Waals surface area contributed by atoms with E-state index in [4.69, 9.17) is 27.3 Å². The monoisotopic (exact) mass is 824 g/mol. The first-order valence-electron chi connectivity index (χ1n) is 20.4. The third kappa shape index (κ3) is 8.17. The maximum atomic E-state index is 13.5. The number of fused-ring (bicyclic) bond motifs is 3. The van der Waals surface area contributed by atoms with E-state index < -0.39 is 29.7 Å². The number of carbonyl (C=O) groups excluding carboxylic acids is 5. The number of hydrogen-bond donors (Lipinski definition) is 6. The number of nitrogens with two attached hydrogens (primary N) is 3. The predicted molar refractivity (Wildman–Crippen MR) is 232 cm³/mol. The SMILES string of the molecule is NCCC(C=O)N1C(=O)c2cccc(NC/C(N)=C/N(N)CCCCCN3CCN(c4nc(C5=C(c6c[nH]c7ccccc67)C(=O)NC5=O)c5ccccc5n4)CC3)c2C1=O. The summed E-state index contributed by atoms with van der Waals surface area (Å²) >= 11 is 0. The molecule has 0 aliphatic carbocycles. The fourth-order valence-electron chi connectivity index (χ4n) is 8.29. The van der Waals surface area contributed by atoms with Crippen molar-refractivity contribution in [2.75, 3.05) is 62.6 Å². The zero-order chi connectivity index (χ0) is 42.6. The van der Waals surface area contributed by atoms with Crippen molar-refractivity contribution in [2.24, 2.45) is 17.3 Å².